The first-order chi connectivity index (χ1) is 17.4. The molecule has 1 aliphatic carbocycles. The van der Waals surface area contributed by atoms with Crippen molar-refractivity contribution in [3.8, 4) is 11.4 Å². The summed E-state index contributed by atoms with van der Waals surface area (Å²) in [6, 6.07) is 12.8. The standard InChI is InChI=1S/C27H29ClFN3O4/c28-21-5-4-6-22(29)24(21)27(12-2-1-3-13-27)14-11-23-30-25(31-36-23)19-9-7-18(8-10-19)15-32-16-20(17-32)35-26(33)34/h4-10,20H,1-3,11-17H2,(H,33,34). The van der Waals surface area contributed by atoms with Gasteiger partial charge in [-0.2, -0.15) is 4.98 Å². The van der Waals surface area contributed by atoms with E-state index in [1.807, 2.05) is 24.3 Å². The molecule has 0 amide bonds. The molecule has 9 heteroatoms. The third-order valence-corrected chi connectivity index (χ3v) is 7.71. The Morgan fingerprint density at radius 1 is 1.17 bits per heavy atom. The molecule has 0 spiro atoms. The summed E-state index contributed by atoms with van der Waals surface area (Å²) in [5.74, 6) is 0.826. The molecule has 1 aromatic heterocycles. The molecular formula is C27H29ClFN3O4. The number of aryl methyl sites for hydroxylation is 1. The summed E-state index contributed by atoms with van der Waals surface area (Å²) in [6.07, 6.45) is 4.85. The fourth-order valence-electron chi connectivity index (χ4n) is 5.56. The summed E-state index contributed by atoms with van der Waals surface area (Å²) < 4.78 is 25.2. The number of aromatic nitrogens is 2. The predicted octanol–water partition coefficient (Wildman–Crippen LogP) is 6.24. The minimum absolute atomic E-state index is 0.237. The van der Waals surface area contributed by atoms with Crippen LogP contribution in [-0.4, -0.2) is 45.5 Å². The molecule has 0 bridgehead atoms. The largest absolute Gasteiger partial charge is 0.506 e. The maximum Gasteiger partial charge on any atom is 0.506 e. The quantitative estimate of drug-likeness (QED) is 0.356. The van der Waals surface area contributed by atoms with Crippen LogP contribution < -0.4 is 0 Å². The van der Waals surface area contributed by atoms with Crippen LogP contribution in [-0.2, 0) is 23.1 Å². The maximum atomic E-state index is 14.9. The van der Waals surface area contributed by atoms with Gasteiger partial charge in [-0.05, 0) is 37.0 Å². The Kier molecular flexibility index (Phi) is 7.25. The maximum absolute atomic E-state index is 14.9. The van der Waals surface area contributed by atoms with Gasteiger partial charge in [-0.3, -0.25) is 4.90 Å². The van der Waals surface area contributed by atoms with Gasteiger partial charge in [-0.1, -0.05) is 66.4 Å². The first-order valence-corrected chi connectivity index (χ1v) is 12.8. The van der Waals surface area contributed by atoms with Crippen LogP contribution in [0.15, 0.2) is 47.0 Å². The lowest BCUT2D eigenvalue weighted by atomic mass is 9.66. The Morgan fingerprint density at radius 2 is 1.92 bits per heavy atom. The van der Waals surface area contributed by atoms with Crippen molar-refractivity contribution in [3.63, 3.8) is 0 Å². The molecule has 2 fully saturated rings. The number of hydrogen-bond acceptors (Lipinski definition) is 6. The van der Waals surface area contributed by atoms with Gasteiger partial charge in [0.1, 0.15) is 11.9 Å². The van der Waals surface area contributed by atoms with E-state index in [1.165, 1.54) is 6.07 Å². The number of nitrogens with zero attached hydrogens (tertiary/aromatic N) is 3. The lowest BCUT2D eigenvalue weighted by molar-refractivity contribution is -0.0363. The molecule has 2 heterocycles. The van der Waals surface area contributed by atoms with Gasteiger partial charge in [0.15, 0.2) is 0 Å². The molecule has 2 aliphatic rings. The second-order valence-corrected chi connectivity index (χ2v) is 10.3. The Labute approximate surface area is 214 Å². The zero-order valence-electron chi connectivity index (χ0n) is 20.0. The van der Waals surface area contributed by atoms with Crippen LogP contribution in [0.1, 0.15) is 55.5 Å². The summed E-state index contributed by atoms with van der Waals surface area (Å²) in [5.41, 5.74) is 2.28. The van der Waals surface area contributed by atoms with Crippen LogP contribution >= 0.6 is 11.6 Å². The van der Waals surface area contributed by atoms with E-state index < -0.39 is 6.16 Å². The monoisotopic (exact) mass is 513 g/mol. The van der Waals surface area contributed by atoms with E-state index in [0.717, 1.165) is 49.8 Å². The van der Waals surface area contributed by atoms with E-state index in [4.69, 9.17) is 26.0 Å². The van der Waals surface area contributed by atoms with Crippen LogP contribution in [0.25, 0.3) is 11.4 Å². The molecule has 1 N–H and O–H groups in total. The van der Waals surface area contributed by atoms with E-state index in [0.29, 0.717) is 48.2 Å². The third kappa shape index (κ3) is 5.39. The second-order valence-electron chi connectivity index (χ2n) is 9.85. The zero-order chi connectivity index (χ0) is 25.1. The van der Waals surface area contributed by atoms with E-state index >= 15 is 0 Å². The predicted molar refractivity (Wildman–Crippen MR) is 132 cm³/mol. The average Bonchev–Trinajstić information content (AvgIpc) is 3.31. The van der Waals surface area contributed by atoms with Crippen LogP contribution in [0.5, 0.6) is 0 Å². The van der Waals surface area contributed by atoms with Crippen LogP contribution in [0.4, 0.5) is 9.18 Å². The van der Waals surface area contributed by atoms with E-state index in [2.05, 4.69) is 15.0 Å². The van der Waals surface area contributed by atoms with Gasteiger partial charge in [0.2, 0.25) is 11.7 Å². The van der Waals surface area contributed by atoms with Gasteiger partial charge in [-0.25, -0.2) is 9.18 Å². The number of likely N-dealkylation sites (tertiary alicyclic amines) is 1. The first kappa shape index (κ1) is 24.7. The smallest absolute Gasteiger partial charge is 0.450 e. The number of rotatable bonds is 8. The fraction of sp³-hybridized carbons (Fsp3) is 0.444. The molecule has 0 atom stereocenters. The minimum Gasteiger partial charge on any atom is -0.450 e. The molecule has 1 saturated heterocycles. The van der Waals surface area contributed by atoms with Crippen molar-refractivity contribution in [2.75, 3.05) is 13.1 Å². The highest BCUT2D eigenvalue weighted by Gasteiger charge is 2.38. The number of carbonyl (C=O) groups is 1. The lowest BCUT2D eigenvalue weighted by Gasteiger charge is -2.38. The summed E-state index contributed by atoms with van der Waals surface area (Å²) >= 11 is 6.48. The molecular weight excluding hydrogens is 485 g/mol. The number of hydrogen-bond donors (Lipinski definition) is 1. The van der Waals surface area contributed by atoms with Gasteiger partial charge >= 0.3 is 6.16 Å². The number of carboxylic acid groups (broad SMARTS) is 1. The molecule has 1 aliphatic heterocycles. The zero-order valence-corrected chi connectivity index (χ0v) is 20.7. The van der Waals surface area contributed by atoms with Crippen LogP contribution in [0.2, 0.25) is 5.02 Å². The Balaban J connectivity index is 1.22. The van der Waals surface area contributed by atoms with Crippen molar-refractivity contribution in [1.29, 1.82) is 0 Å². The molecule has 0 radical (unpaired) electrons. The Morgan fingerprint density at radius 3 is 2.61 bits per heavy atom. The summed E-state index contributed by atoms with van der Waals surface area (Å²) in [4.78, 5) is 17.3. The van der Waals surface area contributed by atoms with Crippen molar-refractivity contribution in [2.24, 2.45) is 0 Å². The number of halogens is 2. The first-order valence-electron chi connectivity index (χ1n) is 12.4. The topological polar surface area (TPSA) is 88.7 Å². The molecule has 3 aromatic rings. The summed E-state index contributed by atoms with van der Waals surface area (Å²) in [5, 5.41) is 13.3. The molecule has 36 heavy (non-hydrogen) atoms. The SMILES string of the molecule is O=C(O)OC1CN(Cc2ccc(-c3noc(CCC4(c5c(F)cccc5Cl)CCCCC4)n3)cc2)C1. The van der Waals surface area contributed by atoms with Gasteiger partial charge in [0, 0.05) is 47.6 Å². The van der Waals surface area contributed by atoms with Crippen molar-refractivity contribution in [2.45, 2.75) is 63.0 Å². The van der Waals surface area contributed by atoms with Gasteiger partial charge in [0.25, 0.3) is 0 Å². The number of benzene rings is 2. The van der Waals surface area contributed by atoms with E-state index in [-0.39, 0.29) is 17.3 Å². The van der Waals surface area contributed by atoms with Crippen LogP contribution in [0.3, 0.4) is 0 Å². The van der Waals surface area contributed by atoms with Gasteiger partial charge in [0.05, 0.1) is 0 Å². The molecule has 190 valence electrons. The van der Waals surface area contributed by atoms with Crippen molar-refractivity contribution >= 4 is 17.8 Å². The normalized spacial score (nSPS) is 18.1. The molecule has 0 unspecified atom stereocenters. The highest BCUT2D eigenvalue weighted by Crippen LogP contribution is 2.46. The fourth-order valence-corrected chi connectivity index (χ4v) is 5.93. The summed E-state index contributed by atoms with van der Waals surface area (Å²) in [7, 11) is 0. The molecule has 2 aromatic carbocycles. The Hall–Kier alpha value is -2.97. The van der Waals surface area contributed by atoms with Crippen LogP contribution in [0, 0.1) is 5.82 Å². The second kappa shape index (κ2) is 10.6. The van der Waals surface area contributed by atoms with Crippen molar-refractivity contribution in [1.82, 2.24) is 15.0 Å². The van der Waals surface area contributed by atoms with Gasteiger partial charge in [-0.15, -0.1) is 0 Å². The highest BCUT2D eigenvalue weighted by atomic mass is 35.5. The van der Waals surface area contributed by atoms with Gasteiger partial charge < -0.3 is 14.4 Å². The lowest BCUT2D eigenvalue weighted by Crippen LogP contribution is -2.52. The third-order valence-electron chi connectivity index (χ3n) is 7.40. The van der Waals surface area contributed by atoms with Crippen molar-refractivity contribution in [3.05, 3.63) is 70.3 Å². The van der Waals surface area contributed by atoms with Crippen molar-refractivity contribution < 1.29 is 23.6 Å². The average molecular weight is 514 g/mol. The summed E-state index contributed by atoms with van der Waals surface area (Å²) in [6.45, 7) is 1.92. The van der Waals surface area contributed by atoms with E-state index in [1.54, 1.807) is 12.1 Å². The number of ether oxygens (including phenoxy) is 1. The minimum atomic E-state index is -1.23. The highest BCUT2D eigenvalue weighted by molar-refractivity contribution is 6.31. The molecule has 5 rings (SSSR count). The Bertz CT molecular complexity index is 1180. The molecule has 7 nitrogen and oxygen atoms in total. The molecule has 1 saturated carbocycles. The van der Waals surface area contributed by atoms with E-state index in [9.17, 15) is 9.18 Å².